The van der Waals surface area contributed by atoms with Gasteiger partial charge in [-0.2, -0.15) is 18.3 Å². The number of hydrogen-bond donors (Lipinski definition) is 1. The van der Waals surface area contributed by atoms with Gasteiger partial charge in [-0.25, -0.2) is 14.2 Å². The Bertz CT molecular complexity index is 1250. The number of carbonyl (C=O) groups is 1. The second kappa shape index (κ2) is 7.77. The number of rotatable bonds is 4. The monoisotopic (exact) mass is 479 g/mol. The number of nitrogens with one attached hydrogen (secondary N) is 1. The molecule has 0 radical (unpaired) electrons. The van der Waals surface area contributed by atoms with E-state index in [1.165, 1.54) is 18.1 Å². The number of amides is 2. The van der Waals surface area contributed by atoms with Crippen LogP contribution in [0.4, 0.5) is 28.0 Å². The molecule has 0 spiro atoms. The van der Waals surface area contributed by atoms with Gasteiger partial charge in [-0.05, 0) is 31.4 Å². The summed E-state index contributed by atoms with van der Waals surface area (Å²) in [4.78, 5) is 18.6. The third-order valence-corrected chi connectivity index (χ3v) is 6.41. The lowest BCUT2D eigenvalue weighted by Gasteiger charge is -2.59. The quantitative estimate of drug-likeness (QED) is 0.561. The van der Waals surface area contributed by atoms with Crippen LogP contribution >= 0.6 is 0 Å². The van der Waals surface area contributed by atoms with E-state index in [-0.39, 0.29) is 11.9 Å². The average Bonchev–Trinajstić information content (AvgIpc) is 3.43. The maximum absolute atomic E-state index is 14.8. The van der Waals surface area contributed by atoms with E-state index in [2.05, 4.69) is 25.6 Å². The summed E-state index contributed by atoms with van der Waals surface area (Å²) >= 11 is 0. The van der Waals surface area contributed by atoms with Gasteiger partial charge >= 0.3 is 12.2 Å². The molecule has 3 aromatic rings. The Hall–Kier alpha value is -3.51. The number of carbonyl (C=O) groups excluding carboxylic acids is 1. The molecule has 5 rings (SSSR count). The van der Waals surface area contributed by atoms with E-state index >= 15 is 0 Å². The van der Waals surface area contributed by atoms with Gasteiger partial charge < -0.3 is 14.6 Å². The molecule has 2 amide bonds. The van der Waals surface area contributed by atoms with E-state index in [9.17, 15) is 22.4 Å². The topological polar surface area (TPSA) is 102 Å². The van der Waals surface area contributed by atoms with Gasteiger partial charge in [0.1, 0.15) is 17.7 Å². The number of hydrogen-bond acceptors (Lipinski definition) is 6. The van der Waals surface area contributed by atoms with Gasteiger partial charge in [0, 0.05) is 31.5 Å². The van der Waals surface area contributed by atoms with Crippen molar-refractivity contribution < 1.29 is 26.8 Å². The van der Waals surface area contributed by atoms with Gasteiger partial charge in [-0.1, -0.05) is 6.92 Å². The van der Waals surface area contributed by atoms with Gasteiger partial charge in [0.2, 0.25) is 11.8 Å². The third-order valence-electron chi connectivity index (χ3n) is 6.41. The van der Waals surface area contributed by atoms with Crippen LogP contribution in [0.15, 0.2) is 22.9 Å². The maximum atomic E-state index is 14.8. The summed E-state index contributed by atoms with van der Waals surface area (Å²) < 4.78 is 62.5. The molecule has 9 nitrogen and oxygen atoms in total. The van der Waals surface area contributed by atoms with Crippen LogP contribution in [-0.2, 0) is 25.2 Å². The SMILES string of the molecule is CCc1nnc(C23CCCC(C2)N3C(=O)Nc2cc(-c3ncn(C)n3)c(C(F)(F)F)cc2F)o1. The number of aryl methyl sites for hydroxylation is 2. The van der Waals surface area contributed by atoms with Crippen molar-refractivity contribution in [3.8, 4) is 11.4 Å². The number of alkyl halides is 3. The first-order valence-corrected chi connectivity index (χ1v) is 10.8. The Morgan fingerprint density at radius 2 is 2.12 bits per heavy atom. The zero-order valence-electron chi connectivity index (χ0n) is 18.4. The fourth-order valence-corrected chi connectivity index (χ4v) is 4.87. The lowest BCUT2D eigenvalue weighted by molar-refractivity contribution is -0.137. The molecule has 2 unspecified atom stereocenters. The molecule has 13 heteroatoms. The summed E-state index contributed by atoms with van der Waals surface area (Å²) in [5, 5.41) is 14.5. The number of aromatic nitrogens is 5. The van der Waals surface area contributed by atoms with Crippen LogP contribution in [0.2, 0.25) is 0 Å². The van der Waals surface area contributed by atoms with E-state index in [4.69, 9.17) is 4.42 Å². The molecule has 34 heavy (non-hydrogen) atoms. The highest BCUT2D eigenvalue weighted by atomic mass is 19.4. The Morgan fingerprint density at radius 1 is 1.32 bits per heavy atom. The molecule has 180 valence electrons. The van der Waals surface area contributed by atoms with Crippen LogP contribution in [0.25, 0.3) is 11.4 Å². The summed E-state index contributed by atoms with van der Waals surface area (Å²) in [6.07, 6.45) is -0.238. The lowest BCUT2D eigenvalue weighted by Crippen LogP contribution is -2.69. The molecule has 2 bridgehead atoms. The summed E-state index contributed by atoms with van der Waals surface area (Å²) in [6, 6.07) is 0.501. The van der Waals surface area contributed by atoms with E-state index in [0.29, 0.717) is 37.1 Å². The molecule has 3 heterocycles. The molecule has 1 aromatic carbocycles. The van der Waals surface area contributed by atoms with Crippen molar-refractivity contribution in [2.45, 2.75) is 56.8 Å². The van der Waals surface area contributed by atoms with Crippen molar-refractivity contribution >= 4 is 11.7 Å². The Balaban J connectivity index is 1.49. The standard InChI is InChI=1S/C21H21F4N7O2/c1-3-16-28-29-18(34-16)20-6-4-5-11(9-20)32(20)19(33)27-15-7-12(17-26-10-31(2)30-17)13(8-14(15)22)21(23,24)25/h7-8,10-11H,3-6,9H2,1-2H3,(H,27,33). The first kappa shape index (κ1) is 22.3. The minimum atomic E-state index is -4.84. The van der Waals surface area contributed by atoms with E-state index in [1.54, 1.807) is 4.90 Å². The molecule has 2 aromatic heterocycles. The number of likely N-dealkylation sites (tertiary alicyclic amines) is 1. The molecular formula is C21H21F4N7O2. The molecule has 1 aliphatic heterocycles. The maximum Gasteiger partial charge on any atom is 0.417 e. The van der Waals surface area contributed by atoms with Crippen molar-refractivity contribution in [3.05, 3.63) is 41.6 Å². The van der Waals surface area contributed by atoms with Crippen LogP contribution in [0, 0.1) is 5.82 Å². The molecule has 2 aliphatic rings. The van der Waals surface area contributed by atoms with Crippen molar-refractivity contribution in [3.63, 3.8) is 0 Å². The zero-order valence-corrected chi connectivity index (χ0v) is 18.4. The Morgan fingerprint density at radius 3 is 2.74 bits per heavy atom. The number of anilines is 1. The van der Waals surface area contributed by atoms with E-state index in [1.807, 2.05) is 6.92 Å². The first-order valence-electron chi connectivity index (χ1n) is 10.8. The number of piperidine rings is 1. The third kappa shape index (κ3) is 3.49. The van der Waals surface area contributed by atoms with Crippen molar-refractivity contribution in [2.24, 2.45) is 7.05 Å². The van der Waals surface area contributed by atoms with E-state index < -0.39 is 40.4 Å². The smallest absolute Gasteiger partial charge is 0.417 e. The van der Waals surface area contributed by atoms with Crippen LogP contribution in [-0.4, -0.2) is 41.9 Å². The predicted molar refractivity (Wildman–Crippen MR) is 110 cm³/mol. The number of fused-ring (bicyclic) bond motifs is 2. The average molecular weight is 479 g/mol. The van der Waals surface area contributed by atoms with Gasteiger partial charge in [0.25, 0.3) is 0 Å². The van der Waals surface area contributed by atoms with Crippen molar-refractivity contribution in [1.29, 1.82) is 0 Å². The molecular weight excluding hydrogens is 458 g/mol. The van der Waals surface area contributed by atoms with Crippen molar-refractivity contribution in [2.75, 3.05) is 5.32 Å². The van der Waals surface area contributed by atoms with Crippen LogP contribution in [0.5, 0.6) is 0 Å². The highest BCUT2D eigenvalue weighted by molar-refractivity contribution is 5.92. The van der Waals surface area contributed by atoms with E-state index in [0.717, 1.165) is 18.9 Å². The summed E-state index contributed by atoms with van der Waals surface area (Å²) in [5.74, 6) is -0.687. The molecule has 2 fully saturated rings. The highest BCUT2D eigenvalue weighted by Crippen LogP contribution is 2.54. The molecule has 1 aliphatic carbocycles. The number of benzene rings is 1. The minimum Gasteiger partial charge on any atom is -0.423 e. The van der Waals surface area contributed by atoms with Crippen molar-refractivity contribution in [1.82, 2.24) is 29.9 Å². The summed E-state index contributed by atoms with van der Waals surface area (Å²) in [6.45, 7) is 1.87. The second-order valence-electron chi connectivity index (χ2n) is 8.55. The second-order valence-corrected chi connectivity index (χ2v) is 8.55. The van der Waals surface area contributed by atoms with Crippen LogP contribution in [0.1, 0.15) is 50.0 Å². The molecule has 2 atom stereocenters. The van der Waals surface area contributed by atoms with Gasteiger partial charge in [-0.15, -0.1) is 10.2 Å². The van der Waals surface area contributed by atoms with Gasteiger partial charge in [0.15, 0.2) is 5.82 Å². The largest absolute Gasteiger partial charge is 0.423 e. The molecule has 1 saturated carbocycles. The van der Waals surface area contributed by atoms with Crippen LogP contribution < -0.4 is 5.32 Å². The Kier molecular flexibility index (Phi) is 5.10. The normalized spacial score (nSPS) is 21.9. The zero-order chi connectivity index (χ0) is 24.3. The first-order chi connectivity index (χ1) is 16.1. The molecule has 1 N–H and O–H groups in total. The Labute approximate surface area is 191 Å². The minimum absolute atomic E-state index is 0.111. The summed E-state index contributed by atoms with van der Waals surface area (Å²) in [7, 11) is 1.50. The lowest BCUT2D eigenvalue weighted by atomic mass is 9.68. The number of halogens is 4. The summed E-state index contributed by atoms with van der Waals surface area (Å²) in [5.41, 5.74) is -2.88. The highest BCUT2D eigenvalue weighted by Gasteiger charge is 2.60. The van der Waals surface area contributed by atoms with Gasteiger partial charge in [0.05, 0.1) is 11.3 Å². The number of urea groups is 1. The van der Waals surface area contributed by atoms with Gasteiger partial charge in [-0.3, -0.25) is 4.68 Å². The molecule has 1 saturated heterocycles. The predicted octanol–water partition coefficient (Wildman–Crippen LogP) is 4.27. The fourth-order valence-electron chi connectivity index (χ4n) is 4.87. The van der Waals surface area contributed by atoms with Crippen LogP contribution in [0.3, 0.4) is 0 Å². The number of nitrogens with zero attached hydrogens (tertiary/aromatic N) is 6. The fraction of sp³-hybridized carbons (Fsp3) is 0.476.